The molecule has 1 heterocycles. The molecule has 1 saturated carbocycles. The van der Waals surface area contributed by atoms with Crippen LogP contribution in [0, 0.1) is 5.92 Å². The van der Waals surface area contributed by atoms with Gasteiger partial charge in [-0.3, -0.25) is 0 Å². The molecule has 4 nitrogen and oxygen atoms in total. The average Bonchev–Trinajstić information content (AvgIpc) is 2.62. The molecule has 1 aromatic carbocycles. The van der Waals surface area contributed by atoms with Crippen LogP contribution >= 0.6 is 0 Å². The summed E-state index contributed by atoms with van der Waals surface area (Å²) < 4.78 is 27.7. The molecule has 0 unspecified atom stereocenters. The van der Waals surface area contributed by atoms with Crippen molar-refractivity contribution in [1.82, 2.24) is 4.31 Å². The lowest BCUT2D eigenvalue weighted by Crippen LogP contribution is -3.19. The highest BCUT2D eigenvalue weighted by Crippen LogP contribution is 2.25. The van der Waals surface area contributed by atoms with Crippen LogP contribution in [0.3, 0.4) is 0 Å². The lowest BCUT2D eigenvalue weighted by Gasteiger charge is -2.40. The summed E-state index contributed by atoms with van der Waals surface area (Å²) in [6.07, 6.45) is 5.32. The van der Waals surface area contributed by atoms with Crippen LogP contribution in [0.5, 0.6) is 0 Å². The lowest BCUT2D eigenvalue weighted by atomic mass is 9.84. The van der Waals surface area contributed by atoms with Crippen LogP contribution in [0.2, 0.25) is 0 Å². The summed E-state index contributed by atoms with van der Waals surface area (Å²) >= 11 is 0. The van der Waals surface area contributed by atoms with Crippen LogP contribution in [0.1, 0.15) is 58.9 Å². The number of piperazine rings is 1. The van der Waals surface area contributed by atoms with Crippen molar-refractivity contribution in [1.29, 1.82) is 0 Å². The maximum absolute atomic E-state index is 13.0. The predicted molar refractivity (Wildman–Crippen MR) is 106 cm³/mol. The normalized spacial score (nSPS) is 26.8. The molecule has 0 spiro atoms. The third-order valence-corrected chi connectivity index (χ3v) is 8.27. The van der Waals surface area contributed by atoms with Crippen molar-refractivity contribution < 1.29 is 13.3 Å². The van der Waals surface area contributed by atoms with E-state index in [1.54, 1.807) is 21.3 Å². The van der Waals surface area contributed by atoms with Crippen molar-refractivity contribution in [3.63, 3.8) is 0 Å². The van der Waals surface area contributed by atoms with Crippen molar-refractivity contribution in [2.75, 3.05) is 26.2 Å². The van der Waals surface area contributed by atoms with E-state index in [9.17, 15) is 8.42 Å². The molecule has 1 aliphatic heterocycles. The second-order valence-corrected chi connectivity index (χ2v) is 11.1. The van der Waals surface area contributed by atoms with Gasteiger partial charge in [0.25, 0.3) is 0 Å². The Bertz CT molecular complexity index is 699. The van der Waals surface area contributed by atoms with E-state index in [1.165, 1.54) is 25.7 Å². The smallest absolute Gasteiger partial charge is 0.243 e. The van der Waals surface area contributed by atoms with Crippen LogP contribution in [0.4, 0.5) is 0 Å². The topological polar surface area (TPSA) is 41.8 Å². The van der Waals surface area contributed by atoms with Crippen LogP contribution in [-0.4, -0.2) is 44.9 Å². The minimum absolute atomic E-state index is 0.0357. The number of benzene rings is 1. The van der Waals surface area contributed by atoms with E-state index in [1.807, 2.05) is 12.1 Å². The summed E-state index contributed by atoms with van der Waals surface area (Å²) in [4.78, 5) is 2.05. The molecule has 0 amide bonds. The maximum atomic E-state index is 13.0. The minimum atomic E-state index is -3.37. The Morgan fingerprint density at radius 3 is 2.12 bits per heavy atom. The third-order valence-electron chi connectivity index (χ3n) is 6.36. The Morgan fingerprint density at radius 2 is 1.58 bits per heavy atom. The average molecular weight is 380 g/mol. The van der Waals surface area contributed by atoms with Gasteiger partial charge in [-0.25, -0.2) is 8.42 Å². The highest BCUT2D eigenvalue weighted by molar-refractivity contribution is 7.89. The van der Waals surface area contributed by atoms with Gasteiger partial charge in [0.1, 0.15) is 0 Å². The van der Waals surface area contributed by atoms with Gasteiger partial charge in [-0.05, 0) is 42.4 Å². The van der Waals surface area contributed by atoms with Crippen LogP contribution < -0.4 is 4.90 Å². The first kappa shape index (κ1) is 19.8. The Balaban J connectivity index is 1.66. The molecule has 2 atom stereocenters. The fraction of sp³-hybridized carbons (Fsp3) is 0.714. The fourth-order valence-corrected chi connectivity index (χ4v) is 6.02. The first-order valence-corrected chi connectivity index (χ1v) is 11.6. The second-order valence-electron chi connectivity index (χ2n) is 9.20. The van der Waals surface area contributed by atoms with Crippen molar-refractivity contribution in [3.8, 4) is 0 Å². The van der Waals surface area contributed by atoms with Gasteiger partial charge in [0.05, 0.1) is 37.1 Å². The van der Waals surface area contributed by atoms with Gasteiger partial charge >= 0.3 is 0 Å². The fourth-order valence-electron chi connectivity index (χ4n) is 4.58. The number of hydrogen-bond acceptors (Lipinski definition) is 2. The Morgan fingerprint density at radius 1 is 1.00 bits per heavy atom. The Labute approximate surface area is 159 Å². The van der Waals surface area contributed by atoms with E-state index in [0.29, 0.717) is 18.0 Å². The van der Waals surface area contributed by atoms with Crippen molar-refractivity contribution in [3.05, 3.63) is 29.8 Å². The summed E-state index contributed by atoms with van der Waals surface area (Å²) in [7, 11) is -3.37. The summed E-state index contributed by atoms with van der Waals surface area (Å²) in [6, 6.07) is 8.19. The SMILES string of the molecule is C[C@@H]1CCCC[C@H]1[NH+]1CCN(S(=O)(=O)c2ccc(C(C)(C)C)cc2)CC1. The molecule has 5 heteroatoms. The zero-order valence-electron chi connectivity index (χ0n) is 16.8. The van der Waals surface area contributed by atoms with Gasteiger partial charge in [0.2, 0.25) is 10.0 Å². The number of nitrogens with one attached hydrogen (secondary N) is 1. The predicted octanol–water partition coefficient (Wildman–Crippen LogP) is 2.45. The second kappa shape index (κ2) is 7.61. The van der Waals surface area contributed by atoms with Crippen molar-refractivity contribution >= 4 is 10.0 Å². The molecule has 26 heavy (non-hydrogen) atoms. The number of nitrogens with zero attached hydrogens (tertiary/aromatic N) is 1. The molecule has 146 valence electrons. The molecule has 1 aromatic rings. The quantitative estimate of drug-likeness (QED) is 0.876. The third kappa shape index (κ3) is 4.15. The highest BCUT2D eigenvalue weighted by Gasteiger charge is 2.36. The molecule has 2 fully saturated rings. The molecular weight excluding hydrogens is 344 g/mol. The van der Waals surface area contributed by atoms with Crippen molar-refractivity contribution in [2.24, 2.45) is 5.92 Å². The van der Waals surface area contributed by atoms with Gasteiger partial charge in [-0.1, -0.05) is 46.2 Å². The Kier molecular flexibility index (Phi) is 5.80. The monoisotopic (exact) mass is 379 g/mol. The first-order chi connectivity index (χ1) is 12.2. The minimum Gasteiger partial charge on any atom is -0.330 e. The summed E-state index contributed by atoms with van der Waals surface area (Å²) in [6.45, 7) is 12.0. The summed E-state index contributed by atoms with van der Waals surface area (Å²) in [5.74, 6) is 0.770. The van der Waals surface area contributed by atoms with E-state index in [4.69, 9.17) is 0 Å². The van der Waals surface area contributed by atoms with E-state index >= 15 is 0 Å². The van der Waals surface area contributed by atoms with Gasteiger partial charge in [0.15, 0.2) is 0 Å². The van der Waals surface area contributed by atoms with Gasteiger partial charge in [-0.15, -0.1) is 0 Å². The molecule has 1 aliphatic carbocycles. The van der Waals surface area contributed by atoms with Gasteiger partial charge < -0.3 is 4.90 Å². The summed E-state index contributed by atoms with van der Waals surface area (Å²) in [5, 5.41) is 0. The summed E-state index contributed by atoms with van der Waals surface area (Å²) in [5.41, 5.74) is 1.20. The standard InChI is InChI=1S/C21H34N2O2S/c1-17-7-5-6-8-20(17)22-13-15-23(16-14-22)26(24,25)19-11-9-18(10-12-19)21(2,3)4/h9-12,17,20H,5-8,13-16H2,1-4H3/p+1/t17-,20-/m1/s1. The first-order valence-electron chi connectivity index (χ1n) is 10.1. The van der Waals surface area contributed by atoms with E-state index in [2.05, 4.69) is 27.7 Å². The van der Waals surface area contributed by atoms with Crippen LogP contribution in [0.15, 0.2) is 29.2 Å². The molecule has 0 bridgehead atoms. The molecule has 1 saturated heterocycles. The number of quaternary nitrogens is 1. The number of sulfonamides is 1. The molecule has 3 rings (SSSR count). The number of rotatable bonds is 3. The van der Waals surface area contributed by atoms with Crippen molar-refractivity contribution in [2.45, 2.75) is 69.7 Å². The molecule has 1 N–H and O–H groups in total. The van der Waals surface area contributed by atoms with Crippen LogP contribution in [0.25, 0.3) is 0 Å². The molecule has 2 aliphatic rings. The molecule has 0 aromatic heterocycles. The van der Waals surface area contributed by atoms with Gasteiger partial charge in [0, 0.05) is 5.92 Å². The zero-order valence-corrected chi connectivity index (χ0v) is 17.6. The zero-order chi connectivity index (χ0) is 18.9. The Hall–Kier alpha value is -0.910. The maximum Gasteiger partial charge on any atom is 0.243 e. The molecule has 0 radical (unpaired) electrons. The highest BCUT2D eigenvalue weighted by atomic mass is 32.2. The van der Waals surface area contributed by atoms with E-state index in [0.717, 1.165) is 30.6 Å². The molecular formula is C21H35N2O2S+. The van der Waals surface area contributed by atoms with Crippen LogP contribution in [-0.2, 0) is 15.4 Å². The van der Waals surface area contributed by atoms with E-state index in [-0.39, 0.29) is 5.41 Å². The number of hydrogen-bond donors (Lipinski definition) is 1. The largest absolute Gasteiger partial charge is 0.330 e. The van der Waals surface area contributed by atoms with E-state index < -0.39 is 10.0 Å². The van der Waals surface area contributed by atoms with Gasteiger partial charge in [-0.2, -0.15) is 4.31 Å². The lowest BCUT2D eigenvalue weighted by molar-refractivity contribution is -0.933.